The molecule has 0 radical (unpaired) electrons. The van der Waals surface area contributed by atoms with E-state index in [0.29, 0.717) is 38.4 Å². The molecule has 0 saturated carbocycles. The van der Waals surface area contributed by atoms with Gasteiger partial charge in [0.1, 0.15) is 5.82 Å². The molecule has 1 fully saturated rings. The molecule has 1 aliphatic heterocycles. The number of carbonyl (C=O) groups excluding carboxylic acids is 2. The highest BCUT2D eigenvalue weighted by Crippen LogP contribution is 2.19. The van der Waals surface area contributed by atoms with Crippen LogP contribution in [0.4, 0.5) is 4.39 Å². The predicted octanol–water partition coefficient (Wildman–Crippen LogP) is 3.55. The molecule has 2 amide bonds. The van der Waals surface area contributed by atoms with Crippen LogP contribution in [-0.4, -0.2) is 36.3 Å². The van der Waals surface area contributed by atoms with Gasteiger partial charge in [-0.25, -0.2) is 4.39 Å². The molecule has 0 bridgehead atoms. The number of unbranched alkanes of at least 4 members (excludes halogenated alkanes) is 1. The van der Waals surface area contributed by atoms with E-state index >= 15 is 0 Å². The minimum absolute atomic E-state index is 0.00224. The van der Waals surface area contributed by atoms with Crippen molar-refractivity contribution >= 4 is 11.8 Å². The molecule has 1 saturated heterocycles. The summed E-state index contributed by atoms with van der Waals surface area (Å²) in [6.45, 7) is 6.09. The number of benzene rings is 1. The molecule has 5 heteroatoms. The second-order valence-corrected chi connectivity index (χ2v) is 7.28. The van der Waals surface area contributed by atoms with Crippen molar-refractivity contribution in [3.05, 3.63) is 35.6 Å². The molecule has 26 heavy (non-hydrogen) atoms. The first-order valence-corrected chi connectivity index (χ1v) is 9.83. The molecule has 0 unspecified atom stereocenters. The van der Waals surface area contributed by atoms with Gasteiger partial charge in [0.25, 0.3) is 0 Å². The van der Waals surface area contributed by atoms with Gasteiger partial charge in [0, 0.05) is 26.1 Å². The molecule has 1 aromatic carbocycles. The zero-order chi connectivity index (χ0) is 18.9. The van der Waals surface area contributed by atoms with Crippen molar-refractivity contribution in [3.63, 3.8) is 0 Å². The van der Waals surface area contributed by atoms with Gasteiger partial charge in [-0.2, -0.15) is 0 Å². The Morgan fingerprint density at radius 2 is 2.04 bits per heavy atom. The van der Waals surface area contributed by atoms with E-state index in [4.69, 9.17) is 0 Å². The number of rotatable bonds is 10. The number of halogens is 1. The minimum Gasteiger partial charge on any atom is -0.356 e. The monoisotopic (exact) mass is 362 g/mol. The number of amides is 2. The quantitative estimate of drug-likeness (QED) is 0.692. The molecule has 0 spiro atoms. The van der Waals surface area contributed by atoms with Gasteiger partial charge in [-0.15, -0.1) is 0 Å². The van der Waals surface area contributed by atoms with E-state index in [1.807, 2.05) is 0 Å². The molecular formula is C21H31FN2O2. The number of hydrogen-bond acceptors (Lipinski definition) is 2. The number of hydrogen-bond donors (Lipinski definition) is 1. The highest BCUT2D eigenvalue weighted by atomic mass is 19.1. The van der Waals surface area contributed by atoms with Gasteiger partial charge < -0.3 is 10.2 Å². The minimum atomic E-state index is -0.257. The molecule has 2 atom stereocenters. The summed E-state index contributed by atoms with van der Waals surface area (Å²) in [4.78, 5) is 26.3. The Balaban J connectivity index is 1.76. The van der Waals surface area contributed by atoms with Crippen molar-refractivity contribution in [2.45, 2.75) is 52.4 Å². The standard InChI is InChI=1S/C21H31FN2O2/c1-3-5-6-16(4-2)14-23-21(26)18-13-20(25)24(15-18)12-11-17-7-9-19(22)10-8-17/h7-10,16,18H,3-6,11-15H2,1-2H3,(H,23,26)/t16-,18+/m0/s1. The van der Waals surface area contributed by atoms with Crippen LogP contribution in [-0.2, 0) is 16.0 Å². The van der Waals surface area contributed by atoms with Crippen molar-refractivity contribution in [1.29, 1.82) is 0 Å². The van der Waals surface area contributed by atoms with Gasteiger partial charge in [0.2, 0.25) is 11.8 Å². The zero-order valence-electron chi connectivity index (χ0n) is 16.0. The number of likely N-dealkylation sites (tertiary alicyclic amines) is 1. The van der Waals surface area contributed by atoms with Crippen LogP contribution in [0.15, 0.2) is 24.3 Å². The van der Waals surface area contributed by atoms with E-state index in [0.717, 1.165) is 18.4 Å². The maximum Gasteiger partial charge on any atom is 0.225 e. The third-order valence-corrected chi connectivity index (χ3v) is 5.28. The summed E-state index contributed by atoms with van der Waals surface area (Å²) < 4.78 is 12.9. The molecule has 0 aromatic heterocycles. The number of nitrogens with one attached hydrogen (secondary N) is 1. The van der Waals surface area contributed by atoms with Gasteiger partial charge in [0.05, 0.1) is 5.92 Å². The third-order valence-electron chi connectivity index (χ3n) is 5.28. The van der Waals surface area contributed by atoms with Crippen molar-refractivity contribution in [3.8, 4) is 0 Å². The van der Waals surface area contributed by atoms with Gasteiger partial charge in [0.15, 0.2) is 0 Å². The normalized spacial score (nSPS) is 18.2. The molecule has 1 N–H and O–H groups in total. The lowest BCUT2D eigenvalue weighted by atomic mass is 9.99. The maximum atomic E-state index is 12.9. The van der Waals surface area contributed by atoms with Crippen LogP contribution in [0.5, 0.6) is 0 Å². The van der Waals surface area contributed by atoms with E-state index < -0.39 is 0 Å². The fourth-order valence-electron chi connectivity index (χ4n) is 3.41. The smallest absolute Gasteiger partial charge is 0.225 e. The fraction of sp³-hybridized carbons (Fsp3) is 0.619. The van der Waals surface area contributed by atoms with E-state index in [1.165, 1.54) is 25.0 Å². The van der Waals surface area contributed by atoms with Crippen LogP contribution >= 0.6 is 0 Å². The van der Waals surface area contributed by atoms with Crippen LogP contribution in [0.2, 0.25) is 0 Å². The zero-order valence-corrected chi connectivity index (χ0v) is 16.0. The second-order valence-electron chi connectivity index (χ2n) is 7.28. The van der Waals surface area contributed by atoms with Gasteiger partial charge >= 0.3 is 0 Å². The van der Waals surface area contributed by atoms with Crippen LogP contribution in [0, 0.1) is 17.7 Å². The molecule has 1 aliphatic rings. The van der Waals surface area contributed by atoms with Crippen LogP contribution in [0.25, 0.3) is 0 Å². The molecular weight excluding hydrogens is 331 g/mol. The third kappa shape index (κ3) is 6.11. The first-order chi connectivity index (χ1) is 12.5. The van der Waals surface area contributed by atoms with E-state index in [1.54, 1.807) is 17.0 Å². The number of nitrogens with zero attached hydrogens (tertiary/aromatic N) is 1. The van der Waals surface area contributed by atoms with Gasteiger partial charge in [-0.1, -0.05) is 45.2 Å². The molecule has 144 valence electrons. The number of carbonyl (C=O) groups is 2. The average molecular weight is 362 g/mol. The van der Waals surface area contributed by atoms with Gasteiger partial charge in [-0.3, -0.25) is 9.59 Å². The molecule has 1 heterocycles. The molecule has 1 aromatic rings. The maximum absolute atomic E-state index is 12.9. The summed E-state index contributed by atoms with van der Waals surface area (Å²) in [6.07, 6.45) is 5.53. The Labute approximate surface area is 156 Å². The van der Waals surface area contributed by atoms with E-state index in [9.17, 15) is 14.0 Å². The first kappa shape index (κ1) is 20.4. The Morgan fingerprint density at radius 3 is 2.69 bits per heavy atom. The Morgan fingerprint density at radius 1 is 1.31 bits per heavy atom. The summed E-state index contributed by atoms with van der Waals surface area (Å²) in [7, 11) is 0. The van der Waals surface area contributed by atoms with Crippen LogP contribution < -0.4 is 5.32 Å². The van der Waals surface area contributed by atoms with Crippen molar-refractivity contribution in [1.82, 2.24) is 10.2 Å². The summed E-state index contributed by atoms with van der Waals surface area (Å²) in [5, 5.41) is 3.05. The SMILES string of the molecule is CCCC[C@H](CC)CNC(=O)[C@@H]1CC(=O)N(CCc2ccc(F)cc2)C1. The lowest BCUT2D eigenvalue weighted by Gasteiger charge is -2.18. The molecule has 4 nitrogen and oxygen atoms in total. The highest BCUT2D eigenvalue weighted by molar-refractivity contribution is 5.89. The van der Waals surface area contributed by atoms with Crippen LogP contribution in [0.3, 0.4) is 0 Å². The fourth-order valence-corrected chi connectivity index (χ4v) is 3.41. The lowest BCUT2D eigenvalue weighted by Crippen LogP contribution is -2.36. The van der Waals surface area contributed by atoms with Crippen molar-refractivity contribution in [2.75, 3.05) is 19.6 Å². The summed E-state index contributed by atoms with van der Waals surface area (Å²) in [6, 6.07) is 6.34. The lowest BCUT2D eigenvalue weighted by molar-refractivity contribution is -0.129. The largest absolute Gasteiger partial charge is 0.356 e. The van der Waals surface area contributed by atoms with Crippen LogP contribution in [0.1, 0.15) is 51.5 Å². The topological polar surface area (TPSA) is 49.4 Å². The Bertz CT molecular complexity index is 588. The second kappa shape index (κ2) is 10.3. The van der Waals surface area contributed by atoms with Crippen molar-refractivity contribution in [2.24, 2.45) is 11.8 Å². The predicted molar refractivity (Wildman–Crippen MR) is 101 cm³/mol. The summed E-state index contributed by atoms with van der Waals surface area (Å²) >= 11 is 0. The van der Waals surface area contributed by atoms with Crippen molar-refractivity contribution < 1.29 is 14.0 Å². The van der Waals surface area contributed by atoms with E-state index in [2.05, 4.69) is 19.2 Å². The average Bonchev–Trinajstić information content (AvgIpc) is 3.02. The van der Waals surface area contributed by atoms with Gasteiger partial charge in [-0.05, 0) is 36.5 Å². The van der Waals surface area contributed by atoms with E-state index in [-0.39, 0.29) is 23.5 Å². The first-order valence-electron chi connectivity index (χ1n) is 9.83. The summed E-state index contributed by atoms with van der Waals surface area (Å²) in [5.41, 5.74) is 0.994. The summed E-state index contributed by atoms with van der Waals surface area (Å²) in [5.74, 6) is 0.0416. The Kier molecular flexibility index (Phi) is 8.07. The highest BCUT2D eigenvalue weighted by Gasteiger charge is 2.33. The Hall–Kier alpha value is -1.91. The molecule has 2 rings (SSSR count). The molecule has 0 aliphatic carbocycles.